The van der Waals surface area contributed by atoms with Gasteiger partial charge in [-0.3, -0.25) is 0 Å². The second-order valence-corrected chi connectivity index (χ2v) is 5.23. The van der Waals surface area contributed by atoms with Gasteiger partial charge in [0.05, 0.1) is 24.8 Å². The number of nitrogens with zero attached hydrogens (tertiary/aromatic N) is 1. The number of fused-ring (bicyclic) bond motifs is 1. The van der Waals surface area contributed by atoms with Crippen LogP contribution in [0.4, 0.5) is 0 Å². The van der Waals surface area contributed by atoms with Crippen molar-refractivity contribution >= 4 is 11.0 Å². The molecule has 0 aliphatic carbocycles. The van der Waals surface area contributed by atoms with Gasteiger partial charge in [-0.1, -0.05) is 19.1 Å². The van der Waals surface area contributed by atoms with E-state index in [0.29, 0.717) is 6.61 Å². The Morgan fingerprint density at radius 1 is 1.09 bits per heavy atom. The largest absolute Gasteiger partial charge is 0.497 e. The van der Waals surface area contributed by atoms with Gasteiger partial charge >= 0.3 is 0 Å². The van der Waals surface area contributed by atoms with Crippen molar-refractivity contribution in [1.82, 2.24) is 9.97 Å². The fraction of sp³-hybridized carbons (Fsp3) is 0.278. The predicted molar refractivity (Wildman–Crippen MR) is 87.8 cm³/mol. The zero-order chi connectivity index (χ0) is 15.5. The second-order valence-electron chi connectivity index (χ2n) is 5.23. The van der Waals surface area contributed by atoms with Crippen LogP contribution < -0.4 is 9.47 Å². The molecule has 0 fully saturated rings. The summed E-state index contributed by atoms with van der Waals surface area (Å²) in [6.45, 7) is 4.78. The highest BCUT2D eigenvalue weighted by molar-refractivity contribution is 5.77. The molecule has 1 N–H and O–H groups in total. The number of rotatable bonds is 5. The van der Waals surface area contributed by atoms with Crippen molar-refractivity contribution in [3.05, 3.63) is 53.9 Å². The van der Waals surface area contributed by atoms with Crippen LogP contribution in [0.1, 0.15) is 31.2 Å². The van der Waals surface area contributed by atoms with Gasteiger partial charge in [-0.15, -0.1) is 0 Å². The van der Waals surface area contributed by atoms with Gasteiger partial charge in [0, 0.05) is 12.0 Å². The molecule has 1 atom stereocenters. The molecule has 0 amide bonds. The molecule has 0 saturated carbocycles. The normalized spacial score (nSPS) is 12.3. The molecule has 1 heterocycles. The number of aromatic nitrogens is 2. The molecule has 4 nitrogen and oxygen atoms in total. The molecule has 2 aromatic carbocycles. The van der Waals surface area contributed by atoms with E-state index in [0.717, 1.165) is 28.4 Å². The van der Waals surface area contributed by atoms with E-state index in [2.05, 4.69) is 24.0 Å². The van der Waals surface area contributed by atoms with Crippen LogP contribution in [0.3, 0.4) is 0 Å². The summed E-state index contributed by atoms with van der Waals surface area (Å²) in [4.78, 5) is 8.10. The first kappa shape index (κ1) is 14.4. The summed E-state index contributed by atoms with van der Waals surface area (Å²) in [5, 5.41) is 0. The molecule has 0 aliphatic heterocycles. The van der Waals surface area contributed by atoms with E-state index in [1.807, 2.05) is 37.3 Å². The smallest absolute Gasteiger partial charge is 0.121 e. The molecule has 22 heavy (non-hydrogen) atoms. The van der Waals surface area contributed by atoms with Crippen molar-refractivity contribution in [2.45, 2.75) is 19.8 Å². The lowest BCUT2D eigenvalue weighted by atomic mass is 10.0. The van der Waals surface area contributed by atoms with E-state index < -0.39 is 0 Å². The van der Waals surface area contributed by atoms with E-state index in [1.54, 1.807) is 7.11 Å². The number of H-pyrrole nitrogens is 1. The van der Waals surface area contributed by atoms with Gasteiger partial charge in [-0.2, -0.15) is 0 Å². The van der Waals surface area contributed by atoms with Gasteiger partial charge in [0.1, 0.15) is 17.3 Å². The Kier molecular flexibility index (Phi) is 4.00. The van der Waals surface area contributed by atoms with Crippen molar-refractivity contribution in [1.29, 1.82) is 0 Å². The average molecular weight is 296 g/mol. The van der Waals surface area contributed by atoms with Gasteiger partial charge < -0.3 is 14.5 Å². The monoisotopic (exact) mass is 296 g/mol. The standard InChI is InChI=1S/C18H20N2O2/c1-4-22-15-9-10-16-17(11-15)20-18(19-16)12(2)13-5-7-14(21-3)8-6-13/h5-12H,4H2,1-3H3,(H,19,20). The van der Waals surface area contributed by atoms with Crippen molar-refractivity contribution < 1.29 is 9.47 Å². The minimum Gasteiger partial charge on any atom is -0.497 e. The van der Waals surface area contributed by atoms with Crippen LogP contribution in [-0.4, -0.2) is 23.7 Å². The summed E-state index contributed by atoms with van der Waals surface area (Å²) in [6.07, 6.45) is 0. The highest BCUT2D eigenvalue weighted by atomic mass is 16.5. The molecule has 1 aromatic heterocycles. The zero-order valence-electron chi connectivity index (χ0n) is 13.1. The third kappa shape index (κ3) is 2.77. The van der Waals surface area contributed by atoms with E-state index in [9.17, 15) is 0 Å². The minimum atomic E-state index is 0.189. The summed E-state index contributed by atoms with van der Waals surface area (Å²) in [5.41, 5.74) is 3.16. The number of methoxy groups -OCH3 is 1. The van der Waals surface area contributed by atoms with E-state index >= 15 is 0 Å². The van der Waals surface area contributed by atoms with E-state index in [-0.39, 0.29) is 5.92 Å². The Bertz CT molecular complexity index is 762. The summed E-state index contributed by atoms with van der Waals surface area (Å²) in [5.74, 6) is 2.86. The van der Waals surface area contributed by atoms with Crippen LogP contribution in [0.2, 0.25) is 0 Å². The average Bonchev–Trinajstić information content (AvgIpc) is 2.98. The van der Waals surface area contributed by atoms with Crippen LogP contribution in [0.5, 0.6) is 11.5 Å². The van der Waals surface area contributed by atoms with Gasteiger partial charge in [0.15, 0.2) is 0 Å². The van der Waals surface area contributed by atoms with Gasteiger partial charge in [-0.05, 0) is 36.8 Å². The van der Waals surface area contributed by atoms with Crippen LogP contribution >= 0.6 is 0 Å². The molecule has 0 spiro atoms. The maximum absolute atomic E-state index is 5.53. The molecule has 0 radical (unpaired) electrons. The van der Waals surface area contributed by atoms with Crippen molar-refractivity contribution in [2.75, 3.05) is 13.7 Å². The quantitative estimate of drug-likeness (QED) is 0.770. The Hall–Kier alpha value is -2.49. The first-order valence-electron chi connectivity index (χ1n) is 7.47. The Morgan fingerprint density at radius 3 is 2.50 bits per heavy atom. The molecule has 1 unspecified atom stereocenters. The lowest BCUT2D eigenvalue weighted by Crippen LogP contribution is -1.98. The maximum Gasteiger partial charge on any atom is 0.121 e. The molecular formula is C18H20N2O2. The lowest BCUT2D eigenvalue weighted by molar-refractivity contribution is 0.340. The van der Waals surface area contributed by atoms with Crippen LogP contribution in [-0.2, 0) is 0 Å². The highest BCUT2D eigenvalue weighted by Gasteiger charge is 2.13. The van der Waals surface area contributed by atoms with Crippen LogP contribution in [0, 0.1) is 0 Å². The fourth-order valence-electron chi connectivity index (χ4n) is 2.52. The first-order valence-corrected chi connectivity index (χ1v) is 7.47. The Balaban J connectivity index is 1.90. The van der Waals surface area contributed by atoms with Gasteiger partial charge in [-0.25, -0.2) is 4.98 Å². The predicted octanol–water partition coefficient (Wildman–Crippen LogP) is 4.12. The topological polar surface area (TPSA) is 47.1 Å². The summed E-state index contributed by atoms with van der Waals surface area (Å²) in [7, 11) is 1.67. The Morgan fingerprint density at radius 2 is 1.82 bits per heavy atom. The van der Waals surface area contributed by atoms with Crippen LogP contribution in [0.15, 0.2) is 42.5 Å². The molecule has 4 heteroatoms. The first-order chi connectivity index (χ1) is 10.7. The fourth-order valence-corrected chi connectivity index (χ4v) is 2.52. The third-order valence-electron chi connectivity index (χ3n) is 3.81. The van der Waals surface area contributed by atoms with Crippen molar-refractivity contribution in [3.63, 3.8) is 0 Å². The SMILES string of the molecule is CCOc1ccc2[nH]c(C(C)c3ccc(OC)cc3)nc2c1. The molecule has 3 aromatic rings. The number of aromatic amines is 1. The number of ether oxygens (including phenoxy) is 2. The molecule has 114 valence electrons. The van der Waals surface area contributed by atoms with Gasteiger partial charge in [0.2, 0.25) is 0 Å². The number of hydrogen-bond acceptors (Lipinski definition) is 3. The second kappa shape index (κ2) is 6.10. The summed E-state index contributed by atoms with van der Waals surface area (Å²) >= 11 is 0. The molecular weight excluding hydrogens is 276 g/mol. The number of imidazole rings is 1. The third-order valence-corrected chi connectivity index (χ3v) is 3.81. The summed E-state index contributed by atoms with van der Waals surface area (Å²) < 4.78 is 10.7. The van der Waals surface area contributed by atoms with E-state index in [1.165, 1.54) is 5.56 Å². The maximum atomic E-state index is 5.53. The summed E-state index contributed by atoms with van der Waals surface area (Å²) in [6, 6.07) is 14.0. The van der Waals surface area contributed by atoms with Crippen molar-refractivity contribution in [3.8, 4) is 11.5 Å². The van der Waals surface area contributed by atoms with Crippen molar-refractivity contribution in [2.24, 2.45) is 0 Å². The number of hydrogen-bond donors (Lipinski definition) is 1. The molecule has 0 bridgehead atoms. The molecule has 0 aliphatic rings. The highest BCUT2D eigenvalue weighted by Crippen LogP contribution is 2.27. The Labute approximate surface area is 130 Å². The molecule has 3 rings (SSSR count). The zero-order valence-corrected chi connectivity index (χ0v) is 13.1. The number of benzene rings is 2. The minimum absolute atomic E-state index is 0.189. The number of nitrogens with one attached hydrogen (secondary N) is 1. The van der Waals surface area contributed by atoms with Crippen LogP contribution in [0.25, 0.3) is 11.0 Å². The lowest BCUT2D eigenvalue weighted by Gasteiger charge is -2.09. The van der Waals surface area contributed by atoms with E-state index in [4.69, 9.17) is 14.5 Å². The van der Waals surface area contributed by atoms with Gasteiger partial charge in [0.25, 0.3) is 0 Å². The molecule has 0 saturated heterocycles.